The van der Waals surface area contributed by atoms with Gasteiger partial charge in [0.1, 0.15) is 22.1 Å². The molecule has 0 atom stereocenters. The van der Waals surface area contributed by atoms with Crippen LogP contribution in [0.5, 0.6) is 11.5 Å². The van der Waals surface area contributed by atoms with E-state index in [-0.39, 0.29) is 5.91 Å². The lowest BCUT2D eigenvalue weighted by atomic mass is 10.0. The molecule has 1 aromatic heterocycles. The monoisotopic (exact) mass is 439 g/mol. The zero-order valence-electron chi connectivity index (χ0n) is 18.0. The molecule has 0 bridgehead atoms. The van der Waals surface area contributed by atoms with Crippen LogP contribution < -0.4 is 14.8 Å². The lowest BCUT2D eigenvalue weighted by Gasteiger charge is -2.11. The van der Waals surface area contributed by atoms with Crippen molar-refractivity contribution in [3.05, 3.63) is 64.5 Å². The van der Waals surface area contributed by atoms with E-state index in [2.05, 4.69) is 5.32 Å². The van der Waals surface area contributed by atoms with Crippen LogP contribution in [-0.2, 0) is 4.74 Å². The van der Waals surface area contributed by atoms with Gasteiger partial charge in [-0.15, -0.1) is 11.3 Å². The quantitative estimate of drug-likeness (QED) is 0.465. The Morgan fingerprint density at radius 2 is 1.65 bits per heavy atom. The SMILES string of the molecule is CCOc1ccc(-c2c(C)sc(NC(=O)c3ccccc3OCC)c2C(=O)OC)cc1. The first-order chi connectivity index (χ1) is 15.0. The van der Waals surface area contributed by atoms with Crippen molar-refractivity contribution >= 4 is 28.2 Å². The largest absolute Gasteiger partial charge is 0.494 e. The number of para-hydroxylation sites is 1. The molecule has 0 fully saturated rings. The highest BCUT2D eigenvalue weighted by molar-refractivity contribution is 7.17. The maximum absolute atomic E-state index is 13.0. The minimum atomic E-state index is -0.512. The number of esters is 1. The molecule has 7 heteroatoms. The van der Waals surface area contributed by atoms with Gasteiger partial charge in [-0.05, 0) is 50.6 Å². The Labute approximate surface area is 185 Å². The van der Waals surface area contributed by atoms with Gasteiger partial charge in [0.05, 0.1) is 25.9 Å². The number of methoxy groups -OCH3 is 1. The maximum Gasteiger partial charge on any atom is 0.341 e. The van der Waals surface area contributed by atoms with Crippen LogP contribution in [0.15, 0.2) is 48.5 Å². The van der Waals surface area contributed by atoms with E-state index >= 15 is 0 Å². The molecule has 0 aliphatic carbocycles. The van der Waals surface area contributed by atoms with E-state index < -0.39 is 5.97 Å². The molecule has 1 N–H and O–H groups in total. The molecule has 0 spiro atoms. The van der Waals surface area contributed by atoms with Crippen molar-refractivity contribution in [3.63, 3.8) is 0 Å². The first-order valence-corrected chi connectivity index (χ1v) is 10.8. The van der Waals surface area contributed by atoms with Gasteiger partial charge in [-0.1, -0.05) is 24.3 Å². The van der Waals surface area contributed by atoms with E-state index in [4.69, 9.17) is 14.2 Å². The van der Waals surface area contributed by atoms with Crippen LogP contribution in [0.25, 0.3) is 11.1 Å². The van der Waals surface area contributed by atoms with Crippen LogP contribution in [0, 0.1) is 6.92 Å². The van der Waals surface area contributed by atoms with Crippen LogP contribution in [0.2, 0.25) is 0 Å². The zero-order valence-corrected chi connectivity index (χ0v) is 18.8. The van der Waals surface area contributed by atoms with Crippen molar-refractivity contribution in [2.24, 2.45) is 0 Å². The Hall–Kier alpha value is -3.32. The van der Waals surface area contributed by atoms with Gasteiger partial charge in [-0.3, -0.25) is 4.79 Å². The molecule has 3 aromatic rings. The average Bonchev–Trinajstić information content (AvgIpc) is 3.10. The fourth-order valence-electron chi connectivity index (χ4n) is 3.27. The van der Waals surface area contributed by atoms with Crippen LogP contribution in [0.3, 0.4) is 0 Å². The van der Waals surface area contributed by atoms with Gasteiger partial charge in [0.2, 0.25) is 0 Å². The molecule has 0 unspecified atom stereocenters. The summed E-state index contributed by atoms with van der Waals surface area (Å²) in [6, 6.07) is 14.5. The lowest BCUT2D eigenvalue weighted by molar-refractivity contribution is 0.0603. The van der Waals surface area contributed by atoms with Crippen molar-refractivity contribution in [1.29, 1.82) is 0 Å². The number of hydrogen-bond acceptors (Lipinski definition) is 6. The van der Waals surface area contributed by atoms with Gasteiger partial charge in [0.25, 0.3) is 5.91 Å². The highest BCUT2D eigenvalue weighted by atomic mass is 32.1. The molecule has 0 aliphatic heterocycles. The fraction of sp³-hybridized carbons (Fsp3) is 0.250. The summed E-state index contributed by atoms with van der Waals surface area (Å²) in [5, 5.41) is 3.31. The molecular weight excluding hydrogens is 414 g/mol. The first-order valence-electron chi connectivity index (χ1n) is 9.98. The van der Waals surface area contributed by atoms with Crippen LogP contribution in [0.4, 0.5) is 5.00 Å². The Bertz CT molecular complexity index is 1070. The van der Waals surface area contributed by atoms with Crippen molar-refractivity contribution < 1.29 is 23.8 Å². The molecule has 0 saturated heterocycles. The summed E-state index contributed by atoms with van der Waals surface area (Å²) in [5.41, 5.74) is 2.30. The maximum atomic E-state index is 13.0. The van der Waals surface area contributed by atoms with Crippen LogP contribution in [0.1, 0.15) is 39.4 Å². The lowest BCUT2D eigenvalue weighted by Crippen LogP contribution is -2.15. The second kappa shape index (κ2) is 10.1. The van der Waals surface area contributed by atoms with E-state index in [0.717, 1.165) is 21.8 Å². The Balaban J connectivity index is 2.01. The number of thiophene rings is 1. The topological polar surface area (TPSA) is 73.9 Å². The summed E-state index contributed by atoms with van der Waals surface area (Å²) in [6.45, 7) is 6.70. The highest BCUT2D eigenvalue weighted by Gasteiger charge is 2.26. The molecule has 6 nitrogen and oxygen atoms in total. The number of amides is 1. The number of nitrogens with one attached hydrogen (secondary N) is 1. The highest BCUT2D eigenvalue weighted by Crippen LogP contribution is 2.41. The van der Waals surface area contributed by atoms with E-state index in [1.165, 1.54) is 18.4 Å². The minimum absolute atomic E-state index is 0.330. The van der Waals surface area contributed by atoms with Gasteiger partial charge in [0, 0.05) is 10.4 Å². The molecule has 0 aliphatic rings. The summed E-state index contributed by atoms with van der Waals surface area (Å²) < 4.78 is 16.1. The van der Waals surface area contributed by atoms with Crippen molar-refractivity contribution in [2.45, 2.75) is 20.8 Å². The number of anilines is 1. The van der Waals surface area contributed by atoms with Crippen LogP contribution in [-0.4, -0.2) is 32.2 Å². The number of carbonyl (C=O) groups is 2. The van der Waals surface area contributed by atoms with E-state index in [0.29, 0.717) is 35.1 Å². The van der Waals surface area contributed by atoms with Crippen molar-refractivity contribution in [1.82, 2.24) is 0 Å². The summed E-state index contributed by atoms with van der Waals surface area (Å²) in [7, 11) is 1.33. The second-order valence-electron chi connectivity index (χ2n) is 6.57. The van der Waals surface area contributed by atoms with Gasteiger partial charge in [-0.25, -0.2) is 4.79 Å². The average molecular weight is 440 g/mol. The summed E-state index contributed by atoms with van der Waals surface area (Å²) in [4.78, 5) is 26.6. The second-order valence-corrected chi connectivity index (χ2v) is 7.79. The number of aryl methyl sites for hydroxylation is 1. The third-order valence-corrected chi connectivity index (χ3v) is 5.61. The molecular formula is C24H25NO5S. The number of rotatable bonds is 8. The Kier molecular flexibility index (Phi) is 7.31. The molecule has 162 valence electrons. The van der Waals surface area contributed by atoms with Crippen molar-refractivity contribution in [2.75, 3.05) is 25.6 Å². The zero-order chi connectivity index (χ0) is 22.4. The third-order valence-electron chi connectivity index (χ3n) is 4.59. The summed E-state index contributed by atoms with van der Waals surface area (Å²) in [5.74, 6) is 0.372. The fourth-order valence-corrected chi connectivity index (χ4v) is 4.33. The summed E-state index contributed by atoms with van der Waals surface area (Å²) in [6.07, 6.45) is 0. The summed E-state index contributed by atoms with van der Waals surface area (Å²) >= 11 is 1.33. The Morgan fingerprint density at radius 1 is 0.968 bits per heavy atom. The van der Waals surface area contributed by atoms with Gasteiger partial charge >= 0.3 is 5.97 Å². The first kappa shape index (κ1) is 22.4. The molecule has 0 radical (unpaired) electrons. The van der Waals surface area contributed by atoms with Crippen LogP contribution >= 0.6 is 11.3 Å². The van der Waals surface area contributed by atoms with Gasteiger partial charge < -0.3 is 19.5 Å². The molecule has 1 heterocycles. The minimum Gasteiger partial charge on any atom is -0.494 e. The molecule has 31 heavy (non-hydrogen) atoms. The third kappa shape index (κ3) is 4.88. The number of benzene rings is 2. The predicted octanol–water partition coefficient (Wildman–Crippen LogP) is 5.56. The van der Waals surface area contributed by atoms with E-state index in [1.54, 1.807) is 24.3 Å². The molecule has 3 rings (SSSR count). The number of ether oxygens (including phenoxy) is 3. The number of carbonyl (C=O) groups excluding carboxylic acids is 2. The number of hydrogen-bond donors (Lipinski definition) is 1. The standard InChI is InChI=1S/C24H25NO5S/c1-5-29-17-13-11-16(12-14-17)20-15(3)31-23(21(20)24(27)28-4)25-22(26)18-9-7-8-10-19(18)30-6-2/h7-14H,5-6H2,1-4H3,(H,25,26). The molecule has 1 amide bonds. The molecule has 0 saturated carbocycles. The van der Waals surface area contributed by atoms with Gasteiger partial charge in [-0.2, -0.15) is 0 Å². The van der Waals surface area contributed by atoms with E-state index in [1.807, 2.05) is 45.0 Å². The molecule has 2 aromatic carbocycles. The van der Waals surface area contributed by atoms with Crippen molar-refractivity contribution in [3.8, 4) is 22.6 Å². The van der Waals surface area contributed by atoms with E-state index in [9.17, 15) is 9.59 Å². The Morgan fingerprint density at radius 3 is 2.29 bits per heavy atom. The normalized spacial score (nSPS) is 10.5. The smallest absolute Gasteiger partial charge is 0.341 e. The van der Waals surface area contributed by atoms with Gasteiger partial charge in [0.15, 0.2) is 0 Å². The predicted molar refractivity (Wildman–Crippen MR) is 123 cm³/mol.